The van der Waals surface area contributed by atoms with E-state index in [9.17, 15) is 9.90 Å². The van der Waals surface area contributed by atoms with Gasteiger partial charge in [-0.2, -0.15) is 0 Å². The van der Waals surface area contributed by atoms with E-state index in [1.54, 1.807) is 30.3 Å². The van der Waals surface area contributed by atoms with Crippen LogP contribution in [0.25, 0.3) is 5.57 Å². The fourth-order valence-electron chi connectivity index (χ4n) is 2.50. The van der Waals surface area contributed by atoms with Gasteiger partial charge in [0.25, 0.3) is 0 Å². The molecule has 0 spiro atoms. The minimum Gasteiger partial charge on any atom is -0.507 e. The Bertz CT molecular complexity index is 799. The van der Waals surface area contributed by atoms with Gasteiger partial charge in [0.15, 0.2) is 25.1 Å². The largest absolute Gasteiger partial charge is 0.507 e. The van der Waals surface area contributed by atoms with Gasteiger partial charge in [0.05, 0.1) is 12.7 Å². The van der Waals surface area contributed by atoms with Gasteiger partial charge in [0, 0.05) is 14.2 Å². The number of aromatic hydroxyl groups is 1. The van der Waals surface area contributed by atoms with Crippen LogP contribution in [0.2, 0.25) is 0 Å². The molecule has 0 bridgehead atoms. The lowest BCUT2D eigenvalue weighted by Gasteiger charge is -2.17. The molecule has 0 radical (unpaired) electrons. The van der Waals surface area contributed by atoms with Gasteiger partial charge >= 0.3 is 0 Å². The van der Waals surface area contributed by atoms with Gasteiger partial charge in [-0.3, -0.25) is 4.79 Å². The van der Waals surface area contributed by atoms with Gasteiger partial charge in [-0.1, -0.05) is 12.1 Å². The molecule has 0 atom stereocenters. The number of carbonyl (C=O) groups excluding carboxylic acids is 1. The molecule has 0 saturated heterocycles. The molecule has 7 nitrogen and oxygen atoms in total. The average Bonchev–Trinajstić information content (AvgIpc) is 2.69. The Hall–Kier alpha value is -3.03. The molecule has 2 aromatic rings. The number of methoxy groups -OCH3 is 3. The predicted octanol–water partition coefficient (Wildman–Crippen LogP) is 3.00. The van der Waals surface area contributed by atoms with Crippen LogP contribution in [0.1, 0.15) is 11.1 Å². The zero-order valence-corrected chi connectivity index (χ0v) is 15.4. The number of hydrogen-bond acceptors (Lipinski definition) is 7. The van der Waals surface area contributed by atoms with Crippen molar-refractivity contribution in [3.05, 3.63) is 53.6 Å². The average molecular weight is 374 g/mol. The van der Waals surface area contributed by atoms with Crippen LogP contribution in [-0.4, -0.2) is 46.3 Å². The fraction of sp³-hybridized carbons (Fsp3) is 0.250. The topological polar surface area (TPSA) is 83.5 Å². The fourth-order valence-corrected chi connectivity index (χ4v) is 2.50. The zero-order chi connectivity index (χ0) is 19.6. The van der Waals surface area contributed by atoms with Crippen LogP contribution in [0.15, 0.2) is 42.5 Å². The molecule has 0 amide bonds. The van der Waals surface area contributed by atoms with Gasteiger partial charge in [-0.15, -0.1) is 0 Å². The molecule has 0 aliphatic heterocycles. The number of hydrogen-bond donors (Lipinski definition) is 1. The molecular weight excluding hydrogens is 352 g/mol. The summed E-state index contributed by atoms with van der Waals surface area (Å²) in [6.07, 6.45) is 1.98. The quantitative estimate of drug-likeness (QED) is 0.389. The molecule has 0 heterocycles. The summed E-state index contributed by atoms with van der Waals surface area (Å²) in [4.78, 5) is 11.3. The van der Waals surface area contributed by atoms with Crippen molar-refractivity contribution in [1.82, 2.24) is 0 Å². The first-order valence-corrected chi connectivity index (χ1v) is 8.06. The molecular formula is C20H22O7. The van der Waals surface area contributed by atoms with Crippen LogP contribution in [0.3, 0.4) is 0 Å². The minimum atomic E-state index is -0.0353. The summed E-state index contributed by atoms with van der Waals surface area (Å²) in [5.41, 5.74) is 1.45. The van der Waals surface area contributed by atoms with Crippen molar-refractivity contribution in [3.8, 4) is 23.0 Å². The van der Waals surface area contributed by atoms with E-state index >= 15 is 0 Å². The second-order valence-corrected chi connectivity index (χ2v) is 5.33. The van der Waals surface area contributed by atoms with E-state index in [0.29, 0.717) is 40.2 Å². The number of allylic oxidation sites excluding steroid dienone is 1. The van der Waals surface area contributed by atoms with Gasteiger partial charge in [-0.25, -0.2) is 0 Å². The zero-order valence-electron chi connectivity index (χ0n) is 15.4. The van der Waals surface area contributed by atoms with E-state index in [1.807, 2.05) is 0 Å². The van der Waals surface area contributed by atoms with Crippen molar-refractivity contribution in [2.45, 2.75) is 0 Å². The maximum absolute atomic E-state index is 11.3. The van der Waals surface area contributed by atoms with E-state index in [2.05, 4.69) is 0 Å². The van der Waals surface area contributed by atoms with Crippen LogP contribution in [0.5, 0.6) is 23.0 Å². The maximum Gasteiger partial charge on any atom is 0.188 e. The highest BCUT2D eigenvalue weighted by molar-refractivity contribution is 5.93. The number of carbonyl (C=O) groups is 1. The third kappa shape index (κ3) is 4.99. The first kappa shape index (κ1) is 20.3. The van der Waals surface area contributed by atoms with Crippen molar-refractivity contribution in [2.75, 3.05) is 34.9 Å². The van der Waals surface area contributed by atoms with E-state index < -0.39 is 0 Å². The van der Waals surface area contributed by atoms with Crippen LogP contribution in [0.4, 0.5) is 0 Å². The Morgan fingerprint density at radius 2 is 1.67 bits per heavy atom. The van der Waals surface area contributed by atoms with Gasteiger partial charge in [0.2, 0.25) is 0 Å². The highest BCUT2D eigenvalue weighted by Gasteiger charge is 2.18. The maximum atomic E-state index is 11.3. The summed E-state index contributed by atoms with van der Waals surface area (Å²) < 4.78 is 26.2. The smallest absolute Gasteiger partial charge is 0.188 e. The molecule has 144 valence electrons. The normalized spacial score (nSPS) is 11.1. The predicted molar refractivity (Wildman–Crippen MR) is 99.3 cm³/mol. The Morgan fingerprint density at radius 3 is 2.30 bits per heavy atom. The Morgan fingerprint density at radius 1 is 0.963 bits per heavy atom. The molecule has 2 rings (SSSR count). The van der Waals surface area contributed by atoms with Crippen LogP contribution >= 0.6 is 0 Å². The lowest BCUT2D eigenvalue weighted by Crippen LogP contribution is -2.04. The van der Waals surface area contributed by atoms with Crippen molar-refractivity contribution < 1.29 is 33.6 Å². The molecule has 0 fully saturated rings. The number of ether oxygens (including phenoxy) is 5. The second-order valence-electron chi connectivity index (χ2n) is 5.33. The Balaban J connectivity index is 2.56. The monoisotopic (exact) mass is 374 g/mol. The molecule has 0 aliphatic carbocycles. The van der Waals surface area contributed by atoms with Crippen LogP contribution in [-0.2, 0) is 14.3 Å². The summed E-state index contributed by atoms with van der Waals surface area (Å²) in [5, 5.41) is 10.4. The van der Waals surface area contributed by atoms with Crippen LogP contribution < -0.4 is 14.2 Å². The molecule has 0 saturated carbocycles. The lowest BCUT2D eigenvalue weighted by atomic mass is 9.95. The number of aldehydes is 1. The number of rotatable bonds is 10. The summed E-state index contributed by atoms with van der Waals surface area (Å²) in [6.45, 7) is 0.0287. The second kappa shape index (κ2) is 10.2. The Labute approximate surface area is 157 Å². The summed E-state index contributed by atoms with van der Waals surface area (Å²) in [6, 6.07) is 9.98. The van der Waals surface area contributed by atoms with Crippen LogP contribution in [0, 0.1) is 0 Å². The van der Waals surface area contributed by atoms with E-state index in [-0.39, 0.29) is 19.3 Å². The first-order chi connectivity index (χ1) is 13.2. The SMILES string of the molecule is COCOc1cc(/C(=C\C=O)c2c(O)cccc2OCOC)ccc1OC. The lowest BCUT2D eigenvalue weighted by molar-refractivity contribution is -0.104. The molecule has 7 heteroatoms. The van der Waals surface area contributed by atoms with E-state index in [4.69, 9.17) is 23.7 Å². The molecule has 27 heavy (non-hydrogen) atoms. The van der Waals surface area contributed by atoms with Gasteiger partial charge in [-0.05, 0) is 41.5 Å². The highest BCUT2D eigenvalue weighted by atomic mass is 16.7. The molecule has 0 aliphatic rings. The summed E-state index contributed by atoms with van der Waals surface area (Å²) >= 11 is 0. The van der Waals surface area contributed by atoms with Gasteiger partial charge in [0.1, 0.15) is 17.8 Å². The third-order valence-corrected chi connectivity index (χ3v) is 3.65. The number of phenolic OH excluding ortho intramolecular Hbond substituents is 1. The molecule has 1 N–H and O–H groups in total. The standard InChI is InChI=1S/C20H22O7/c1-23-12-26-18-6-4-5-16(22)20(18)15(9-10-21)14-7-8-17(25-3)19(11-14)27-13-24-2/h4-11,22H,12-13H2,1-3H3/b15-9+. The molecule has 0 unspecified atom stereocenters. The summed E-state index contributed by atoms with van der Waals surface area (Å²) in [7, 11) is 4.53. The summed E-state index contributed by atoms with van der Waals surface area (Å²) in [5.74, 6) is 1.28. The van der Waals surface area contributed by atoms with Crippen molar-refractivity contribution in [2.24, 2.45) is 0 Å². The van der Waals surface area contributed by atoms with E-state index in [0.717, 1.165) is 0 Å². The Kier molecular flexibility index (Phi) is 7.66. The van der Waals surface area contributed by atoms with Crippen molar-refractivity contribution in [3.63, 3.8) is 0 Å². The third-order valence-electron chi connectivity index (χ3n) is 3.65. The highest BCUT2D eigenvalue weighted by Crippen LogP contribution is 2.40. The van der Waals surface area contributed by atoms with Crippen molar-refractivity contribution in [1.29, 1.82) is 0 Å². The van der Waals surface area contributed by atoms with Gasteiger partial charge < -0.3 is 28.8 Å². The van der Waals surface area contributed by atoms with Crippen molar-refractivity contribution >= 4 is 11.9 Å². The molecule has 2 aromatic carbocycles. The number of benzene rings is 2. The minimum absolute atomic E-state index is 0.00433. The first-order valence-electron chi connectivity index (χ1n) is 8.06. The molecule has 0 aromatic heterocycles. The van der Waals surface area contributed by atoms with E-state index in [1.165, 1.54) is 33.5 Å². The number of phenols is 1.